The van der Waals surface area contributed by atoms with Gasteiger partial charge in [0.25, 0.3) is 35.9 Å². The van der Waals surface area contributed by atoms with Crippen LogP contribution in [-0.2, 0) is 52.2 Å². The summed E-state index contributed by atoms with van der Waals surface area (Å²) in [4.78, 5) is 37.7. The molecule has 4 rings (SSSR count). The molecule has 4 aromatic rings. The Kier molecular flexibility index (Phi) is 29.5. The number of nitrogens with one attached hydrogen (secondary N) is 4. The SMILES string of the molecule is CCCCCCCCCCCCCCCCCCOC(=O)CCNCCC[Si](C)(C)C[Si](C)(C)CCCNc1nc(Nc2cccc(S(=O)(=O)O)c2)nc(Nc2ccc(S(=O)(=O)O)c(/N=N/c3c(C)c(CS(=O)(=O)O)c(=O)n(CC)c3O)c2)n1. The summed E-state index contributed by atoms with van der Waals surface area (Å²) in [6, 6.07) is 10.9. The lowest BCUT2D eigenvalue weighted by molar-refractivity contribution is -0.143. The van der Waals surface area contributed by atoms with Crippen molar-refractivity contribution in [3.63, 3.8) is 0 Å². The van der Waals surface area contributed by atoms with Crippen LogP contribution in [-0.4, -0.2) is 112 Å². The predicted octanol–water partition coefficient (Wildman–Crippen LogP) is 12.8. The van der Waals surface area contributed by atoms with E-state index >= 15 is 0 Å². The second-order valence-electron chi connectivity index (χ2n) is 23.1. The molecular weight excluding hydrogens is 1170 g/mol. The van der Waals surface area contributed by atoms with Gasteiger partial charge in [-0.15, -0.1) is 10.2 Å². The number of unbranched alkanes of at least 4 members (excludes halogenated alkanes) is 15. The van der Waals surface area contributed by atoms with Gasteiger partial charge in [0.1, 0.15) is 22.0 Å². The van der Waals surface area contributed by atoms with Crippen LogP contribution < -0.4 is 26.8 Å². The Bertz CT molecular complexity index is 3190. The average molecular weight is 1270 g/mol. The van der Waals surface area contributed by atoms with Crippen LogP contribution in [0.3, 0.4) is 0 Å². The van der Waals surface area contributed by atoms with Gasteiger partial charge in [0.15, 0.2) is 0 Å². The van der Waals surface area contributed by atoms with Crippen molar-refractivity contribution < 1.29 is 53.5 Å². The van der Waals surface area contributed by atoms with E-state index in [-0.39, 0.29) is 52.2 Å². The molecule has 0 atom stereocenters. The quantitative estimate of drug-likeness (QED) is 0.00671. The first kappa shape index (κ1) is 71.3. The molecule has 0 spiro atoms. The average Bonchev–Trinajstić information content (AvgIpc) is 3.46. The molecule has 0 aliphatic carbocycles. The molecule has 0 aliphatic heterocycles. The molecule has 8 N–H and O–H groups in total. The zero-order valence-electron chi connectivity index (χ0n) is 50.2. The van der Waals surface area contributed by atoms with E-state index in [0.717, 1.165) is 61.0 Å². The summed E-state index contributed by atoms with van der Waals surface area (Å²) >= 11 is 0. The number of aromatic hydroxyl groups is 1. The molecule has 2 aromatic heterocycles. The number of aromatic nitrogens is 4. The summed E-state index contributed by atoms with van der Waals surface area (Å²) in [5.74, 6) is -2.03. The summed E-state index contributed by atoms with van der Waals surface area (Å²) in [5, 5.41) is 31.5. The Morgan fingerprint density at radius 3 is 1.73 bits per heavy atom. The van der Waals surface area contributed by atoms with Gasteiger partial charge in [-0.3, -0.25) is 27.8 Å². The van der Waals surface area contributed by atoms with Gasteiger partial charge in [-0.05, 0) is 81.6 Å². The molecule has 23 nitrogen and oxygen atoms in total. The number of pyridine rings is 1. The minimum Gasteiger partial charge on any atom is -0.493 e. The molecule has 0 bridgehead atoms. The Morgan fingerprint density at radius 1 is 0.655 bits per heavy atom. The number of esters is 1. The fourth-order valence-corrected chi connectivity index (χ4v) is 26.2. The van der Waals surface area contributed by atoms with Crippen molar-refractivity contribution in [2.45, 2.75) is 209 Å². The Balaban J connectivity index is 1.30. The Labute approximate surface area is 499 Å². The number of azo groups is 1. The maximum atomic E-state index is 13.0. The van der Waals surface area contributed by atoms with Gasteiger partial charge in [0.2, 0.25) is 23.7 Å². The second-order valence-corrected chi connectivity index (χ2v) is 38.5. The molecular formula is C56H92N10O13S3Si2. The first-order valence-electron chi connectivity index (χ1n) is 29.5. The highest BCUT2D eigenvalue weighted by atomic mass is 32.2. The fraction of sp³-hybridized carbons (Fsp3) is 0.625. The van der Waals surface area contributed by atoms with Gasteiger partial charge in [-0.25, -0.2) is 0 Å². The minimum absolute atomic E-state index is 0.0627. The van der Waals surface area contributed by atoms with Gasteiger partial charge in [-0.1, -0.05) is 153 Å². The third kappa shape index (κ3) is 26.6. The minimum atomic E-state index is -4.96. The molecule has 0 aliphatic rings. The van der Waals surface area contributed by atoms with E-state index in [1.807, 2.05) is 0 Å². The third-order valence-corrected chi connectivity index (χ3v) is 27.9. The summed E-state index contributed by atoms with van der Waals surface area (Å²) in [5.41, 5.74) is -0.860. The van der Waals surface area contributed by atoms with E-state index in [9.17, 15) is 53.6 Å². The highest BCUT2D eigenvalue weighted by molar-refractivity contribution is 7.86. The number of hydrogen-bond donors (Lipinski definition) is 8. The maximum Gasteiger partial charge on any atom is 0.307 e. The molecule has 0 saturated heterocycles. The molecule has 84 heavy (non-hydrogen) atoms. The maximum absolute atomic E-state index is 13.0. The van der Waals surface area contributed by atoms with Crippen LogP contribution in [0.25, 0.3) is 0 Å². The monoisotopic (exact) mass is 1260 g/mol. The number of hydrogen-bond acceptors (Lipinski definition) is 19. The Morgan fingerprint density at radius 2 is 1.19 bits per heavy atom. The van der Waals surface area contributed by atoms with Crippen LogP contribution in [0.15, 0.2) is 67.3 Å². The van der Waals surface area contributed by atoms with E-state index in [1.165, 1.54) is 140 Å². The van der Waals surface area contributed by atoms with E-state index in [0.29, 0.717) is 26.1 Å². The number of rotatable bonds is 42. The molecule has 0 unspecified atom stereocenters. The fourth-order valence-electron chi connectivity index (χ4n) is 10.3. The van der Waals surface area contributed by atoms with E-state index < -0.39 is 85.5 Å². The smallest absolute Gasteiger partial charge is 0.307 e. The van der Waals surface area contributed by atoms with Crippen molar-refractivity contribution in [1.29, 1.82) is 0 Å². The lowest BCUT2D eigenvalue weighted by Crippen LogP contribution is -2.40. The van der Waals surface area contributed by atoms with Crippen molar-refractivity contribution in [2.75, 3.05) is 42.2 Å². The van der Waals surface area contributed by atoms with Crippen molar-refractivity contribution in [3.8, 4) is 5.88 Å². The second kappa shape index (κ2) is 34.8. The molecule has 0 radical (unpaired) electrons. The van der Waals surface area contributed by atoms with Crippen LogP contribution in [0.1, 0.15) is 147 Å². The molecule has 470 valence electrons. The van der Waals surface area contributed by atoms with E-state index in [2.05, 4.69) is 79.6 Å². The van der Waals surface area contributed by atoms with Gasteiger partial charge in [-0.2, -0.15) is 40.2 Å². The number of ether oxygens (including phenoxy) is 1. The Hall–Kier alpha value is -5.21. The summed E-state index contributed by atoms with van der Waals surface area (Å²) in [7, 11) is -17.5. The topological polar surface area (TPSA) is 343 Å². The lowest BCUT2D eigenvalue weighted by atomic mass is 10.0. The van der Waals surface area contributed by atoms with Crippen molar-refractivity contribution in [2.24, 2.45) is 10.2 Å². The first-order valence-corrected chi connectivity index (χ1v) is 40.8. The van der Waals surface area contributed by atoms with Gasteiger partial charge in [0, 0.05) is 52.7 Å². The van der Waals surface area contributed by atoms with Crippen LogP contribution in [0.5, 0.6) is 5.88 Å². The van der Waals surface area contributed by atoms with Gasteiger partial charge in [0.05, 0.1) is 17.9 Å². The highest BCUT2D eigenvalue weighted by Gasteiger charge is 2.31. The van der Waals surface area contributed by atoms with Crippen molar-refractivity contribution in [3.05, 3.63) is 63.9 Å². The number of anilines is 5. The summed E-state index contributed by atoms with van der Waals surface area (Å²) in [6.07, 6.45) is 23.1. The van der Waals surface area contributed by atoms with Crippen LogP contribution in [0.4, 0.5) is 40.6 Å². The standard InChI is InChI=1S/C56H92N10O13S3Si2/c1-8-10-11-12-13-14-15-16-17-18-19-20-21-22-23-24-36-79-50(67)32-35-57-33-26-37-83(4,5)42-84(6,7)38-27-34-58-54-61-55(59-44-28-25-29-46(39-44)81(73,74)75)63-56(62-54)60-45-30-31-49(82(76,77)78)48(40-45)64-65-51-43(3)47(41-80(70,71)72)52(68)66(9-2)53(51)69/h25,28-31,39-40,57,69H,8-24,26-27,32-38,41-42H2,1-7H3,(H,70,71,72)(H,73,74,75)(H,76,77,78)(H3,58,59,60,61,62,63)/b65-64+. The largest absolute Gasteiger partial charge is 0.493 e. The molecule has 28 heteroatoms. The number of carbonyl (C=O) groups is 1. The number of benzene rings is 2. The van der Waals surface area contributed by atoms with Crippen LogP contribution in [0.2, 0.25) is 43.9 Å². The molecule has 2 heterocycles. The van der Waals surface area contributed by atoms with E-state index in [4.69, 9.17) is 4.74 Å². The molecule has 0 saturated carbocycles. The van der Waals surface area contributed by atoms with Gasteiger partial charge < -0.3 is 31.1 Å². The first-order chi connectivity index (χ1) is 39.6. The molecule has 2 aromatic carbocycles. The number of nitrogens with zero attached hydrogens (tertiary/aromatic N) is 6. The highest BCUT2D eigenvalue weighted by Crippen LogP contribution is 2.36. The van der Waals surface area contributed by atoms with Crippen LogP contribution in [0, 0.1) is 6.92 Å². The zero-order chi connectivity index (χ0) is 62.0. The normalized spacial score (nSPS) is 12.5. The molecule has 0 fully saturated rings. The van der Waals surface area contributed by atoms with E-state index in [1.54, 1.807) is 0 Å². The van der Waals surface area contributed by atoms with Crippen molar-refractivity contribution in [1.82, 2.24) is 24.8 Å². The zero-order valence-corrected chi connectivity index (χ0v) is 54.7. The van der Waals surface area contributed by atoms with Crippen LogP contribution >= 0.6 is 0 Å². The van der Waals surface area contributed by atoms with Gasteiger partial charge >= 0.3 is 5.97 Å². The summed E-state index contributed by atoms with van der Waals surface area (Å²) < 4.78 is 108. The lowest BCUT2D eigenvalue weighted by Gasteiger charge is -2.32. The number of carbonyl (C=O) groups excluding carboxylic acids is 1. The third-order valence-electron chi connectivity index (χ3n) is 14.4. The summed E-state index contributed by atoms with van der Waals surface area (Å²) in [6.45, 7) is 16.9. The van der Waals surface area contributed by atoms with Crippen molar-refractivity contribution >= 4 is 93.1 Å². The predicted molar refractivity (Wildman–Crippen MR) is 336 cm³/mol. The molecule has 0 amide bonds.